The van der Waals surface area contributed by atoms with Crippen molar-refractivity contribution < 1.29 is 4.79 Å². The molecule has 0 aromatic heterocycles. The molecular weight excluding hydrogens is 250 g/mol. The lowest BCUT2D eigenvalue weighted by Crippen LogP contribution is -2.53. The number of nitrogens with zero attached hydrogens (tertiary/aromatic N) is 1. The fourth-order valence-electron chi connectivity index (χ4n) is 4.24. The standard InChI is InChI=1S/C16H29N3O/c20-16(18-13-6-1-2-7-13)12-19-11-4-3-9-15(19)14-8-5-10-17-14/h13-15,17H,1-12H2,(H,18,20). The van der Waals surface area contributed by atoms with Gasteiger partial charge in [-0.25, -0.2) is 0 Å². The van der Waals surface area contributed by atoms with Crippen LogP contribution >= 0.6 is 0 Å². The largest absolute Gasteiger partial charge is 0.352 e. The summed E-state index contributed by atoms with van der Waals surface area (Å²) in [5.74, 6) is 0.252. The van der Waals surface area contributed by atoms with Crippen LogP contribution in [0.3, 0.4) is 0 Å². The Labute approximate surface area is 122 Å². The zero-order valence-corrected chi connectivity index (χ0v) is 12.6. The fraction of sp³-hybridized carbons (Fsp3) is 0.938. The molecule has 114 valence electrons. The Bertz CT molecular complexity index is 322. The van der Waals surface area contributed by atoms with Crippen LogP contribution in [0.5, 0.6) is 0 Å². The van der Waals surface area contributed by atoms with Crippen LogP contribution < -0.4 is 10.6 Å². The molecule has 1 saturated carbocycles. The number of rotatable bonds is 4. The highest BCUT2D eigenvalue weighted by Gasteiger charge is 2.32. The van der Waals surface area contributed by atoms with E-state index in [1.165, 1.54) is 57.8 Å². The maximum atomic E-state index is 12.3. The van der Waals surface area contributed by atoms with Gasteiger partial charge in [-0.05, 0) is 51.6 Å². The summed E-state index contributed by atoms with van der Waals surface area (Å²) >= 11 is 0. The highest BCUT2D eigenvalue weighted by Crippen LogP contribution is 2.24. The van der Waals surface area contributed by atoms with E-state index in [4.69, 9.17) is 0 Å². The molecule has 2 saturated heterocycles. The summed E-state index contributed by atoms with van der Waals surface area (Å²) in [4.78, 5) is 14.7. The Hall–Kier alpha value is -0.610. The number of likely N-dealkylation sites (tertiary alicyclic amines) is 1. The van der Waals surface area contributed by atoms with E-state index in [9.17, 15) is 4.79 Å². The lowest BCUT2D eigenvalue weighted by molar-refractivity contribution is -0.124. The Kier molecular flexibility index (Phi) is 4.94. The molecule has 4 heteroatoms. The summed E-state index contributed by atoms with van der Waals surface area (Å²) in [6, 6.07) is 1.66. The minimum atomic E-state index is 0.252. The second-order valence-electron chi connectivity index (χ2n) is 6.79. The van der Waals surface area contributed by atoms with E-state index < -0.39 is 0 Å². The topological polar surface area (TPSA) is 44.4 Å². The van der Waals surface area contributed by atoms with Crippen LogP contribution in [0.15, 0.2) is 0 Å². The maximum Gasteiger partial charge on any atom is 0.234 e. The number of amides is 1. The highest BCUT2D eigenvalue weighted by molar-refractivity contribution is 5.78. The Morgan fingerprint density at radius 2 is 1.85 bits per heavy atom. The average molecular weight is 279 g/mol. The van der Waals surface area contributed by atoms with Crippen LogP contribution in [0.2, 0.25) is 0 Å². The predicted octanol–water partition coefficient (Wildman–Crippen LogP) is 1.65. The van der Waals surface area contributed by atoms with E-state index in [1.54, 1.807) is 0 Å². The number of nitrogens with one attached hydrogen (secondary N) is 2. The molecule has 3 fully saturated rings. The monoisotopic (exact) mass is 279 g/mol. The van der Waals surface area contributed by atoms with Crippen molar-refractivity contribution in [3.8, 4) is 0 Å². The van der Waals surface area contributed by atoms with Crippen molar-refractivity contribution in [3.63, 3.8) is 0 Å². The first-order valence-corrected chi connectivity index (χ1v) is 8.60. The predicted molar refractivity (Wildman–Crippen MR) is 80.6 cm³/mol. The fourth-order valence-corrected chi connectivity index (χ4v) is 4.24. The molecule has 2 atom stereocenters. The zero-order valence-electron chi connectivity index (χ0n) is 12.6. The third kappa shape index (κ3) is 3.53. The van der Waals surface area contributed by atoms with Crippen molar-refractivity contribution in [1.82, 2.24) is 15.5 Å². The second kappa shape index (κ2) is 6.90. The summed E-state index contributed by atoms with van der Waals surface area (Å²) in [5, 5.41) is 6.87. The molecule has 3 rings (SSSR count). The molecule has 2 unspecified atom stereocenters. The Morgan fingerprint density at radius 1 is 1.05 bits per heavy atom. The van der Waals surface area contributed by atoms with Gasteiger partial charge in [0, 0.05) is 18.1 Å². The summed E-state index contributed by atoms with van der Waals surface area (Å²) in [5.41, 5.74) is 0. The molecule has 0 spiro atoms. The first-order valence-electron chi connectivity index (χ1n) is 8.60. The lowest BCUT2D eigenvalue weighted by Gasteiger charge is -2.39. The molecular formula is C16H29N3O. The quantitative estimate of drug-likeness (QED) is 0.822. The van der Waals surface area contributed by atoms with Gasteiger partial charge in [-0.2, -0.15) is 0 Å². The van der Waals surface area contributed by atoms with Crippen LogP contribution in [0.25, 0.3) is 0 Å². The van der Waals surface area contributed by atoms with E-state index in [1.807, 2.05) is 0 Å². The highest BCUT2D eigenvalue weighted by atomic mass is 16.2. The SMILES string of the molecule is O=C(CN1CCCCC1C1CCCN1)NC1CCCC1. The van der Waals surface area contributed by atoms with Gasteiger partial charge in [0.2, 0.25) is 5.91 Å². The Morgan fingerprint density at radius 3 is 2.60 bits per heavy atom. The van der Waals surface area contributed by atoms with Crippen molar-refractivity contribution >= 4 is 5.91 Å². The first-order chi connectivity index (χ1) is 9.83. The molecule has 2 aliphatic heterocycles. The van der Waals surface area contributed by atoms with E-state index in [0.29, 0.717) is 24.7 Å². The molecule has 4 nitrogen and oxygen atoms in total. The van der Waals surface area contributed by atoms with Gasteiger partial charge in [-0.15, -0.1) is 0 Å². The molecule has 1 aliphatic carbocycles. The zero-order chi connectivity index (χ0) is 13.8. The van der Waals surface area contributed by atoms with Gasteiger partial charge in [0.25, 0.3) is 0 Å². The van der Waals surface area contributed by atoms with E-state index in [-0.39, 0.29) is 5.91 Å². The van der Waals surface area contributed by atoms with Crippen molar-refractivity contribution in [2.75, 3.05) is 19.6 Å². The molecule has 2 heterocycles. The van der Waals surface area contributed by atoms with Gasteiger partial charge in [0.15, 0.2) is 0 Å². The van der Waals surface area contributed by atoms with Gasteiger partial charge in [0.05, 0.1) is 6.54 Å². The summed E-state index contributed by atoms with van der Waals surface area (Å²) in [7, 11) is 0. The van der Waals surface area contributed by atoms with Gasteiger partial charge in [-0.3, -0.25) is 9.69 Å². The van der Waals surface area contributed by atoms with Gasteiger partial charge < -0.3 is 10.6 Å². The Balaban J connectivity index is 1.51. The first kappa shape index (κ1) is 14.3. The van der Waals surface area contributed by atoms with Crippen LogP contribution in [0, 0.1) is 0 Å². The molecule has 1 amide bonds. The van der Waals surface area contributed by atoms with Crippen molar-refractivity contribution in [3.05, 3.63) is 0 Å². The molecule has 0 aromatic carbocycles. The van der Waals surface area contributed by atoms with Crippen LogP contribution in [0.1, 0.15) is 57.8 Å². The van der Waals surface area contributed by atoms with Crippen molar-refractivity contribution in [2.24, 2.45) is 0 Å². The molecule has 3 aliphatic rings. The van der Waals surface area contributed by atoms with Crippen LogP contribution in [-0.2, 0) is 4.79 Å². The van der Waals surface area contributed by atoms with Gasteiger partial charge >= 0.3 is 0 Å². The number of carbonyl (C=O) groups excluding carboxylic acids is 1. The molecule has 20 heavy (non-hydrogen) atoms. The van der Waals surface area contributed by atoms with Gasteiger partial charge in [-0.1, -0.05) is 19.3 Å². The van der Waals surface area contributed by atoms with E-state index in [0.717, 1.165) is 13.1 Å². The minimum Gasteiger partial charge on any atom is -0.352 e. The molecule has 0 bridgehead atoms. The summed E-state index contributed by atoms with van der Waals surface area (Å²) in [6.45, 7) is 2.86. The van der Waals surface area contributed by atoms with Crippen LogP contribution in [0.4, 0.5) is 0 Å². The number of carbonyl (C=O) groups is 1. The van der Waals surface area contributed by atoms with Crippen molar-refractivity contribution in [2.45, 2.75) is 75.9 Å². The second-order valence-corrected chi connectivity index (χ2v) is 6.79. The minimum absolute atomic E-state index is 0.252. The van der Waals surface area contributed by atoms with E-state index >= 15 is 0 Å². The lowest BCUT2D eigenvalue weighted by atomic mass is 9.94. The smallest absolute Gasteiger partial charge is 0.234 e. The third-order valence-electron chi connectivity index (χ3n) is 5.29. The van der Waals surface area contributed by atoms with Crippen molar-refractivity contribution in [1.29, 1.82) is 0 Å². The average Bonchev–Trinajstić information content (AvgIpc) is 3.11. The molecule has 0 aromatic rings. The molecule has 2 N–H and O–H groups in total. The van der Waals surface area contributed by atoms with Gasteiger partial charge in [0.1, 0.15) is 0 Å². The summed E-state index contributed by atoms with van der Waals surface area (Å²) in [6.07, 6.45) is 11.3. The number of hydrogen-bond donors (Lipinski definition) is 2. The normalized spacial score (nSPS) is 32.6. The number of piperidine rings is 1. The van der Waals surface area contributed by atoms with Crippen LogP contribution in [-0.4, -0.2) is 48.6 Å². The summed E-state index contributed by atoms with van der Waals surface area (Å²) < 4.78 is 0. The van der Waals surface area contributed by atoms with E-state index in [2.05, 4.69) is 15.5 Å². The third-order valence-corrected chi connectivity index (χ3v) is 5.29. The molecule has 0 radical (unpaired) electrons. The number of hydrogen-bond acceptors (Lipinski definition) is 3. The maximum absolute atomic E-state index is 12.3.